The fourth-order valence-electron chi connectivity index (χ4n) is 1.13. The second-order valence-corrected chi connectivity index (χ2v) is 5.22. The second kappa shape index (κ2) is 4.81. The Labute approximate surface area is 93.8 Å². The van der Waals surface area contributed by atoms with E-state index in [2.05, 4.69) is 5.92 Å². The monoisotopic (exact) mass is 238 g/mol. The molecule has 0 saturated carbocycles. The van der Waals surface area contributed by atoms with Crippen molar-refractivity contribution in [1.29, 1.82) is 0 Å². The molecule has 5 heteroatoms. The Morgan fingerprint density at radius 3 is 2.69 bits per heavy atom. The fraction of sp³-hybridized carbons (Fsp3) is 0.182. The SMILES string of the molecule is C#CCCS(=O)(=O)c1cccc(C(=O)O)c1. The maximum Gasteiger partial charge on any atom is 0.335 e. The van der Waals surface area contributed by atoms with Crippen molar-refractivity contribution in [2.45, 2.75) is 11.3 Å². The third-order valence-electron chi connectivity index (χ3n) is 1.96. The number of hydrogen-bond acceptors (Lipinski definition) is 3. The van der Waals surface area contributed by atoms with Crippen LogP contribution in [0.1, 0.15) is 16.8 Å². The molecule has 1 aromatic rings. The van der Waals surface area contributed by atoms with E-state index >= 15 is 0 Å². The molecule has 0 heterocycles. The largest absolute Gasteiger partial charge is 0.478 e. The third-order valence-corrected chi connectivity index (χ3v) is 3.67. The van der Waals surface area contributed by atoms with E-state index in [1.54, 1.807) is 0 Å². The molecule has 1 N–H and O–H groups in total. The number of carboxylic acids is 1. The molecule has 1 rings (SSSR count). The van der Waals surface area contributed by atoms with E-state index in [4.69, 9.17) is 11.5 Å². The highest BCUT2D eigenvalue weighted by atomic mass is 32.2. The van der Waals surface area contributed by atoms with Crippen LogP contribution in [0.2, 0.25) is 0 Å². The molecular weight excluding hydrogens is 228 g/mol. The van der Waals surface area contributed by atoms with E-state index in [0.717, 1.165) is 6.07 Å². The molecule has 0 aliphatic heterocycles. The summed E-state index contributed by atoms with van der Waals surface area (Å²) in [5, 5.41) is 8.72. The van der Waals surface area contributed by atoms with E-state index in [1.165, 1.54) is 18.2 Å². The maximum absolute atomic E-state index is 11.7. The first-order valence-electron chi connectivity index (χ1n) is 4.47. The van der Waals surface area contributed by atoms with Gasteiger partial charge < -0.3 is 5.11 Å². The van der Waals surface area contributed by atoms with Crippen LogP contribution in [0.25, 0.3) is 0 Å². The molecule has 0 aromatic heterocycles. The van der Waals surface area contributed by atoms with Gasteiger partial charge >= 0.3 is 5.97 Å². The first kappa shape index (κ1) is 12.3. The number of aromatic carboxylic acids is 1. The lowest BCUT2D eigenvalue weighted by atomic mass is 10.2. The van der Waals surface area contributed by atoms with Crippen molar-refractivity contribution < 1.29 is 18.3 Å². The standard InChI is InChI=1S/C11H10O4S/c1-2-3-7-16(14,15)10-6-4-5-9(8-10)11(12)13/h1,4-6,8H,3,7H2,(H,12,13). The minimum Gasteiger partial charge on any atom is -0.478 e. The average molecular weight is 238 g/mol. The normalized spacial score (nSPS) is 10.7. The molecule has 0 amide bonds. The summed E-state index contributed by atoms with van der Waals surface area (Å²) in [7, 11) is -3.48. The van der Waals surface area contributed by atoms with Crippen LogP contribution in [0.4, 0.5) is 0 Å². The summed E-state index contributed by atoms with van der Waals surface area (Å²) >= 11 is 0. The maximum atomic E-state index is 11.7. The Morgan fingerprint density at radius 1 is 1.44 bits per heavy atom. The van der Waals surface area contributed by atoms with Crippen LogP contribution < -0.4 is 0 Å². The zero-order valence-electron chi connectivity index (χ0n) is 8.38. The lowest BCUT2D eigenvalue weighted by molar-refractivity contribution is 0.0696. The topological polar surface area (TPSA) is 71.4 Å². The number of carbonyl (C=O) groups is 1. The van der Waals surface area contributed by atoms with Crippen LogP contribution in [0.5, 0.6) is 0 Å². The quantitative estimate of drug-likeness (QED) is 0.799. The zero-order valence-corrected chi connectivity index (χ0v) is 9.20. The molecule has 0 spiro atoms. The average Bonchev–Trinajstić information content (AvgIpc) is 2.26. The number of sulfone groups is 1. The minimum atomic E-state index is -3.48. The lowest BCUT2D eigenvalue weighted by Gasteiger charge is -2.03. The Balaban J connectivity index is 3.10. The summed E-state index contributed by atoms with van der Waals surface area (Å²) in [6.07, 6.45) is 5.09. The molecule has 1 aromatic carbocycles. The Hall–Kier alpha value is -1.80. The first-order chi connectivity index (χ1) is 7.47. The summed E-state index contributed by atoms with van der Waals surface area (Å²) in [5.41, 5.74) is -0.0539. The van der Waals surface area contributed by atoms with Crippen molar-refractivity contribution >= 4 is 15.8 Å². The molecule has 0 saturated heterocycles. The summed E-state index contributed by atoms with van der Waals surface area (Å²) in [6, 6.07) is 5.22. The van der Waals surface area contributed by atoms with Crippen LogP contribution in [0.15, 0.2) is 29.2 Å². The van der Waals surface area contributed by atoms with Crippen LogP contribution in [0.3, 0.4) is 0 Å². The molecule has 0 aliphatic carbocycles. The molecule has 84 valence electrons. The van der Waals surface area contributed by atoms with Crippen molar-refractivity contribution in [3.8, 4) is 12.3 Å². The van der Waals surface area contributed by atoms with Gasteiger partial charge in [0.25, 0.3) is 0 Å². The number of carboxylic acid groups (broad SMARTS) is 1. The molecule has 16 heavy (non-hydrogen) atoms. The van der Waals surface area contributed by atoms with E-state index in [1.807, 2.05) is 0 Å². The number of hydrogen-bond donors (Lipinski definition) is 1. The Kier molecular flexibility index (Phi) is 3.69. The minimum absolute atomic E-state index is 0.0114. The predicted molar refractivity (Wildman–Crippen MR) is 58.9 cm³/mol. The first-order valence-corrected chi connectivity index (χ1v) is 6.12. The molecule has 0 radical (unpaired) electrons. The van der Waals surface area contributed by atoms with Gasteiger partial charge in [-0.1, -0.05) is 6.07 Å². The van der Waals surface area contributed by atoms with Crippen LogP contribution in [0, 0.1) is 12.3 Å². The highest BCUT2D eigenvalue weighted by Gasteiger charge is 2.15. The van der Waals surface area contributed by atoms with Crippen molar-refractivity contribution in [3.63, 3.8) is 0 Å². The van der Waals surface area contributed by atoms with Gasteiger partial charge in [0, 0.05) is 6.42 Å². The highest BCUT2D eigenvalue weighted by Crippen LogP contribution is 2.14. The molecular formula is C11H10O4S. The van der Waals surface area contributed by atoms with Crippen molar-refractivity contribution in [2.24, 2.45) is 0 Å². The third kappa shape index (κ3) is 2.84. The Bertz CT molecular complexity index is 537. The smallest absolute Gasteiger partial charge is 0.335 e. The van der Waals surface area contributed by atoms with E-state index in [9.17, 15) is 13.2 Å². The van der Waals surface area contributed by atoms with Gasteiger partial charge in [-0.3, -0.25) is 0 Å². The van der Waals surface area contributed by atoms with Gasteiger partial charge in [-0.05, 0) is 18.2 Å². The number of benzene rings is 1. The molecule has 0 bridgehead atoms. The van der Waals surface area contributed by atoms with Crippen molar-refractivity contribution in [3.05, 3.63) is 29.8 Å². The van der Waals surface area contributed by atoms with Gasteiger partial charge in [0.2, 0.25) is 0 Å². The van der Waals surface area contributed by atoms with Gasteiger partial charge in [-0.25, -0.2) is 13.2 Å². The van der Waals surface area contributed by atoms with Crippen LogP contribution in [-0.4, -0.2) is 25.2 Å². The van der Waals surface area contributed by atoms with Gasteiger partial charge in [0.1, 0.15) is 0 Å². The molecule has 0 unspecified atom stereocenters. The van der Waals surface area contributed by atoms with Crippen molar-refractivity contribution in [2.75, 3.05) is 5.75 Å². The van der Waals surface area contributed by atoms with Gasteiger partial charge in [0.05, 0.1) is 16.2 Å². The molecule has 0 atom stereocenters. The van der Waals surface area contributed by atoms with Crippen molar-refractivity contribution in [1.82, 2.24) is 0 Å². The highest BCUT2D eigenvalue weighted by molar-refractivity contribution is 7.91. The summed E-state index contributed by atoms with van der Waals surface area (Å²) < 4.78 is 23.4. The number of terminal acetylenes is 1. The predicted octanol–water partition coefficient (Wildman–Crippen LogP) is 1.18. The lowest BCUT2D eigenvalue weighted by Crippen LogP contribution is -2.07. The zero-order chi connectivity index (χ0) is 12.2. The summed E-state index contributed by atoms with van der Waals surface area (Å²) in [4.78, 5) is 10.7. The summed E-state index contributed by atoms with van der Waals surface area (Å²) in [5.74, 6) is 0.903. The second-order valence-electron chi connectivity index (χ2n) is 3.11. The van der Waals surface area contributed by atoms with Gasteiger partial charge in [0.15, 0.2) is 9.84 Å². The van der Waals surface area contributed by atoms with Gasteiger partial charge in [-0.15, -0.1) is 12.3 Å². The van der Waals surface area contributed by atoms with E-state index in [-0.39, 0.29) is 22.6 Å². The number of rotatable bonds is 4. The van der Waals surface area contributed by atoms with E-state index in [0.29, 0.717) is 0 Å². The fourth-order valence-corrected chi connectivity index (χ4v) is 2.35. The molecule has 4 nitrogen and oxygen atoms in total. The Morgan fingerprint density at radius 2 is 2.12 bits per heavy atom. The van der Waals surface area contributed by atoms with Crippen LogP contribution >= 0.6 is 0 Å². The van der Waals surface area contributed by atoms with E-state index < -0.39 is 15.8 Å². The molecule has 0 aliphatic rings. The summed E-state index contributed by atoms with van der Waals surface area (Å²) in [6.45, 7) is 0. The van der Waals surface area contributed by atoms with Gasteiger partial charge in [-0.2, -0.15) is 0 Å². The van der Waals surface area contributed by atoms with Crippen LogP contribution in [-0.2, 0) is 9.84 Å². The molecule has 0 fully saturated rings.